The number of nitrogens with two attached hydrogens (primary N) is 1. The zero-order valence-electron chi connectivity index (χ0n) is 24.2. The SMILES string of the molecule is CCCCCCCCN(C(=O)C(CC(N)=O)NC(=O)OC(C)(C)C)C(C(=O)NCC(=O)OC)c1ccc(O)cc1. The number of nitrogens with one attached hydrogen (secondary N) is 2. The number of phenolic OH excluding ortho intramolecular Hbond substituents is 1. The van der Waals surface area contributed by atoms with Crippen molar-refractivity contribution >= 4 is 29.8 Å². The summed E-state index contributed by atoms with van der Waals surface area (Å²) in [5.74, 6) is -3.01. The predicted molar refractivity (Wildman–Crippen MR) is 148 cm³/mol. The number of unbranched alkanes of at least 4 members (excludes halogenated alkanes) is 5. The fourth-order valence-corrected chi connectivity index (χ4v) is 3.94. The van der Waals surface area contributed by atoms with Crippen molar-refractivity contribution in [3.05, 3.63) is 29.8 Å². The molecule has 12 nitrogen and oxygen atoms in total. The lowest BCUT2D eigenvalue weighted by molar-refractivity contribution is -0.145. The van der Waals surface area contributed by atoms with E-state index >= 15 is 0 Å². The molecule has 12 heteroatoms. The monoisotopic (exact) mass is 564 g/mol. The molecule has 1 aromatic rings. The lowest BCUT2D eigenvalue weighted by atomic mass is 10.0. The highest BCUT2D eigenvalue weighted by Crippen LogP contribution is 2.26. The largest absolute Gasteiger partial charge is 0.508 e. The first kappa shape index (κ1) is 34.2. The van der Waals surface area contributed by atoms with Crippen LogP contribution in [-0.4, -0.2) is 71.6 Å². The lowest BCUT2D eigenvalue weighted by Gasteiger charge is -2.34. The van der Waals surface area contributed by atoms with Gasteiger partial charge in [-0.1, -0.05) is 51.2 Å². The number of primary amides is 1. The van der Waals surface area contributed by atoms with Crippen molar-refractivity contribution in [3.8, 4) is 5.75 Å². The molecule has 1 aromatic carbocycles. The highest BCUT2D eigenvalue weighted by atomic mass is 16.6. The van der Waals surface area contributed by atoms with Crippen molar-refractivity contribution in [1.82, 2.24) is 15.5 Å². The molecule has 0 aromatic heterocycles. The summed E-state index contributed by atoms with van der Waals surface area (Å²) in [6.45, 7) is 6.71. The Bertz CT molecular complexity index is 991. The zero-order valence-corrected chi connectivity index (χ0v) is 24.2. The molecule has 2 atom stereocenters. The third-order valence-corrected chi connectivity index (χ3v) is 5.83. The summed E-state index contributed by atoms with van der Waals surface area (Å²) in [6, 6.07) is 3.00. The van der Waals surface area contributed by atoms with Crippen LogP contribution in [0.5, 0.6) is 5.75 Å². The van der Waals surface area contributed by atoms with Gasteiger partial charge in [0.15, 0.2) is 0 Å². The minimum Gasteiger partial charge on any atom is -0.508 e. The summed E-state index contributed by atoms with van der Waals surface area (Å²) >= 11 is 0. The summed E-state index contributed by atoms with van der Waals surface area (Å²) in [7, 11) is 1.18. The van der Waals surface area contributed by atoms with Gasteiger partial charge in [0.25, 0.3) is 0 Å². The van der Waals surface area contributed by atoms with E-state index in [0.717, 1.165) is 32.1 Å². The topological polar surface area (TPSA) is 177 Å². The summed E-state index contributed by atoms with van der Waals surface area (Å²) in [4.78, 5) is 64.8. The van der Waals surface area contributed by atoms with Gasteiger partial charge in [-0.25, -0.2) is 4.79 Å². The predicted octanol–water partition coefficient (Wildman–Crippen LogP) is 2.68. The molecular formula is C28H44N4O8. The van der Waals surface area contributed by atoms with Crippen molar-refractivity contribution in [3.63, 3.8) is 0 Å². The van der Waals surface area contributed by atoms with E-state index in [1.807, 2.05) is 0 Å². The highest BCUT2D eigenvalue weighted by molar-refractivity contribution is 5.95. The molecule has 0 spiro atoms. The van der Waals surface area contributed by atoms with E-state index in [0.29, 0.717) is 12.0 Å². The maximum absolute atomic E-state index is 14.0. The van der Waals surface area contributed by atoms with Crippen molar-refractivity contribution < 1.29 is 38.6 Å². The number of aromatic hydroxyl groups is 1. The first-order valence-corrected chi connectivity index (χ1v) is 13.5. The van der Waals surface area contributed by atoms with Gasteiger partial charge in [0.05, 0.1) is 13.5 Å². The number of hydrogen-bond donors (Lipinski definition) is 4. The number of rotatable bonds is 16. The molecule has 2 unspecified atom stereocenters. The molecule has 5 N–H and O–H groups in total. The normalized spacial score (nSPS) is 12.5. The second kappa shape index (κ2) is 17.0. The Morgan fingerprint density at radius 1 is 1.00 bits per heavy atom. The first-order valence-electron chi connectivity index (χ1n) is 13.5. The molecule has 0 aliphatic heterocycles. The second-order valence-electron chi connectivity index (χ2n) is 10.5. The smallest absolute Gasteiger partial charge is 0.408 e. The van der Waals surface area contributed by atoms with Gasteiger partial charge in [-0.15, -0.1) is 0 Å². The van der Waals surface area contributed by atoms with Crippen molar-refractivity contribution in [2.75, 3.05) is 20.2 Å². The van der Waals surface area contributed by atoms with Gasteiger partial charge >= 0.3 is 12.1 Å². The summed E-state index contributed by atoms with van der Waals surface area (Å²) < 4.78 is 9.87. The number of methoxy groups -OCH3 is 1. The van der Waals surface area contributed by atoms with Crippen LogP contribution in [0, 0.1) is 0 Å². The Labute approximate surface area is 235 Å². The maximum Gasteiger partial charge on any atom is 0.408 e. The summed E-state index contributed by atoms with van der Waals surface area (Å²) in [5, 5.41) is 14.7. The molecule has 1 rings (SSSR count). The number of esters is 1. The van der Waals surface area contributed by atoms with Gasteiger partial charge in [-0.3, -0.25) is 19.2 Å². The molecule has 0 aliphatic carbocycles. The number of nitrogens with zero attached hydrogens (tertiary/aromatic N) is 1. The van der Waals surface area contributed by atoms with Crippen LogP contribution in [0.15, 0.2) is 24.3 Å². The van der Waals surface area contributed by atoms with Gasteiger partial charge in [0.1, 0.15) is 30.0 Å². The van der Waals surface area contributed by atoms with Gasteiger partial charge in [0, 0.05) is 6.54 Å². The first-order chi connectivity index (χ1) is 18.8. The molecular weight excluding hydrogens is 520 g/mol. The fraction of sp³-hybridized carbons (Fsp3) is 0.607. The van der Waals surface area contributed by atoms with Gasteiger partial charge in [-0.05, 0) is 44.9 Å². The molecule has 224 valence electrons. The van der Waals surface area contributed by atoms with Gasteiger partial charge in [0.2, 0.25) is 17.7 Å². The third kappa shape index (κ3) is 12.8. The number of benzene rings is 1. The van der Waals surface area contributed by atoms with E-state index < -0.39 is 60.4 Å². The molecule has 0 saturated carbocycles. The number of hydrogen-bond acceptors (Lipinski definition) is 8. The van der Waals surface area contributed by atoms with E-state index in [-0.39, 0.29) is 12.3 Å². The van der Waals surface area contributed by atoms with Crippen LogP contribution in [0.25, 0.3) is 0 Å². The minimum atomic E-state index is -1.42. The van der Waals surface area contributed by atoms with E-state index in [1.165, 1.54) is 36.3 Å². The Morgan fingerprint density at radius 2 is 1.60 bits per heavy atom. The average Bonchev–Trinajstić information content (AvgIpc) is 2.87. The third-order valence-electron chi connectivity index (χ3n) is 5.83. The van der Waals surface area contributed by atoms with E-state index in [9.17, 15) is 29.1 Å². The molecule has 0 bridgehead atoms. The van der Waals surface area contributed by atoms with Crippen LogP contribution in [0.4, 0.5) is 4.79 Å². The summed E-state index contributed by atoms with van der Waals surface area (Å²) in [5.41, 5.74) is 4.87. The number of carbonyl (C=O) groups excluding carboxylic acids is 5. The van der Waals surface area contributed by atoms with Gasteiger partial charge in [-0.2, -0.15) is 0 Å². The Morgan fingerprint density at radius 3 is 2.15 bits per heavy atom. The van der Waals surface area contributed by atoms with Crippen LogP contribution in [0.1, 0.15) is 84.2 Å². The standard InChI is InChI=1S/C28H44N4O8/c1-6-7-8-9-10-11-16-32(26(37)21(17-22(29)34)31-27(38)40-28(2,3)4)24(19-12-14-20(33)15-13-19)25(36)30-18-23(35)39-5/h12-15,21,24,33H,6-11,16-18H2,1-5H3,(H2,29,34)(H,30,36)(H,31,38). The van der Waals surface area contributed by atoms with Crippen LogP contribution in [0.2, 0.25) is 0 Å². The van der Waals surface area contributed by atoms with Crippen molar-refractivity contribution in [2.24, 2.45) is 5.73 Å². The molecule has 0 radical (unpaired) electrons. The van der Waals surface area contributed by atoms with Crippen LogP contribution >= 0.6 is 0 Å². The van der Waals surface area contributed by atoms with Crippen LogP contribution in [-0.2, 0) is 28.7 Å². The van der Waals surface area contributed by atoms with E-state index in [1.54, 1.807) is 20.8 Å². The number of amides is 4. The van der Waals surface area contributed by atoms with E-state index in [4.69, 9.17) is 10.5 Å². The number of ether oxygens (including phenoxy) is 2. The molecule has 0 fully saturated rings. The Hall–Kier alpha value is -3.83. The zero-order chi connectivity index (χ0) is 30.3. The molecule has 4 amide bonds. The molecule has 0 saturated heterocycles. The highest BCUT2D eigenvalue weighted by Gasteiger charge is 2.37. The van der Waals surface area contributed by atoms with Crippen LogP contribution in [0.3, 0.4) is 0 Å². The maximum atomic E-state index is 14.0. The van der Waals surface area contributed by atoms with Crippen molar-refractivity contribution in [1.29, 1.82) is 0 Å². The summed E-state index contributed by atoms with van der Waals surface area (Å²) in [6.07, 6.45) is 3.94. The molecule has 40 heavy (non-hydrogen) atoms. The van der Waals surface area contributed by atoms with Gasteiger partial charge < -0.3 is 35.8 Å². The van der Waals surface area contributed by atoms with Crippen LogP contribution < -0.4 is 16.4 Å². The Balaban J connectivity index is 3.44. The van der Waals surface area contributed by atoms with E-state index in [2.05, 4.69) is 22.3 Å². The quantitative estimate of drug-likeness (QED) is 0.175. The minimum absolute atomic E-state index is 0.0514. The number of carbonyl (C=O) groups is 5. The number of phenols is 1. The molecule has 0 heterocycles. The second-order valence-corrected chi connectivity index (χ2v) is 10.5. The van der Waals surface area contributed by atoms with Crippen molar-refractivity contribution in [2.45, 2.75) is 90.3 Å². The lowest BCUT2D eigenvalue weighted by Crippen LogP contribution is -2.54. The fourth-order valence-electron chi connectivity index (χ4n) is 3.94. The Kier molecular flexibility index (Phi) is 14.5. The number of alkyl carbamates (subject to hydrolysis) is 1. The molecule has 0 aliphatic rings. The average molecular weight is 565 g/mol.